The van der Waals surface area contributed by atoms with E-state index in [0.717, 1.165) is 58.2 Å². The summed E-state index contributed by atoms with van der Waals surface area (Å²) in [4.78, 5) is 17.9. The van der Waals surface area contributed by atoms with Crippen LogP contribution in [0.25, 0.3) is 22.5 Å². The molecular formula is C43H38ClN7O2. The normalized spacial score (nSPS) is 11.4. The number of halogens is 1. The van der Waals surface area contributed by atoms with Gasteiger partial charge in [-0.1, -0.05) is 171 Å². The van der Waals surface area contributed by atoms with Crippen LogP contribution in [0.2, 0.25) is 5.15 Å². The molecule has 0 bridgehead atoms. The van der Waals surface area contributed by atoms with Crippen molar-refractivity contribution in [1.29, 1.82) is 0 Å². The molecule has 0 aliphatic heterocycles. The van der Waals surface area contributed by atoms with Crippen molar-refractivity contribution in [1.82, 2.24) is 25.2 Å². The number of unbranched alkanes of at least 4 members (excludes halogenated alkanes) is 2. The van der Waals surface area contributed by atoms with E-state index >= 15 is 0 Å². The number of rotatable bonds is 14. The quantitative estimate of drug-likeness (QED) is 0.0362. The molecule has 5 aromatic carbocycles. The molecule has 2 heterocycles. The highest BCUT2D eigenvalue weighted by Crippen LogP contribution is 2.43. The Bertz CT molecular complexity index is 2190. The second-order valence-corrected chi connectivity index (χ2v) is 13.2. The van der Waals surface area contributed by atoms with Crippen LogP contribution < -0.4 is 4.90 Å². The lowest BCUT2D eigenvalue weighted by Crippen LogP contribution is -2.39. The fraction of sp³-hybridized carbons (Fsp3) is 0.163. The fourth-order valence-electron chi connectivity index (χ4n) is 7.03. The molecule has 0 N–H and O–H groups in total. The lowest BCUT2D eigenvalue weighted by atomic mass is 9.77. The van der Waals surface area contributed by atoms with Crippen molar-refractivity contribution >= 4 is 23.1 Å². The van der Waals surface area contributed by atoms with Gasteiger partial charge in [-0.3, -0.25) is 10.1 Å². The summed E-state index contributed by atoms with van der Waals surface area (Å²) in [7, 11) is 0. The molecule has 0 aliphatic carbocycles. The van der Waals surface area contributed by atoms with Gasteiger partial charge in [-0.05, 0) is 56.3 Å². The van der Waals surface area contributed by atoms with E-state index in [2.05, 4.69) is 89.9 Å². The maximum absolute atomic E-state index is 12.0. The minimum Gasteiger partial charge on any atom is -0.347 e. The predicted molar refractivity (Wildman–Crippen MR) is 210 cm³/mol. The second-order valence-electron chi connectivity index (χ2n) is 12.8. The first-order chi connectivity index (χ1) is 26.0. The molecule has 2 aromatic heterocycles. The first-order valence-electron chi connectivity index (χ1n) is 17.7. The second kappa shape index (κ2) is 16.0. The molecule has 0 unspecified atom stereocenters. The van der Waals surface area contributed by atoms with Crippen molar-refractivity contribution in [2.75, 3.05) is 11.4 Å². The molecule has 53 heavy (non-hydrogen) atoms. The largest absolute Gasteiger partial charge is 0.347 e. The van der Waals surface area contributed by atoms with Crippen LogP contribution in [0.1, 0.15) is 48.4 Å². The van der Waals surface area contributed by atoms with Crippen molar-refractivity contribution in [3.05, 3.63) is 189 Å². The number of tetrazole rings is 1. The third-order valence-electron chi connectivity index (χ3n) is 9.52. The molecule has 7 rings (SSSR count). The zero-order valence-corrected chi connectivity index (χ0v) is 30.1. The lowest BCUT2D eigenvalue weighted by Gasteiger charge is -2.36. The van der Waals surface area contributed by atoms with Gasteiger partial charge in [0.05, 0.1) is 4.92 Å². The molecule has 0 atom stereocenters. The van der Waals surface area contributed by atoms with Gasteiger partial charge >= 0.3 is 5.69 Å². The fourth-order valence-corrected chi connectivity index (χ4v) is 7.17. The molecule has 0 radical (unpaired) electrons. The summed E-state index contributed by atoms with van der Waals surface area (Å²) >= 11 is 6.24. The summed E-state index contributed by atoms with van der Waals surface area (Å²) in [5.74, 6) is 0.890. The Morgan fingerprint density at radius 2 is 1.28 bits per heavy atom. The average Bonchev–Trinajstić information content (AvgIpc) is 3.69. The summed E-state index contributed by atoms with van der Waals surface area (Å²) in [6, 6.07) is 50.3. The van der Waals surface area contributed by atoms with E-state index in [4.69, 9.17) is 21.9 Å². The molecule has 0 spiro atoms. The number of hydrogen-bond acceptors (Lipinski definition) is 7. The SMILES string of the molecule is CCCCCN(Cc1ccc(-c2ccccc2-c2nnnn2C(c2ccccc2)(c2ccccc2)c2ccccc2)cc1)c1nc(Cl)ccc1[N+](=O)[O-]. The van der Waals surface area contributed by atoms with Crippen molar-refractivity contribution in [2.24, 2.45) is 0 Å². The van der Waals surface area contributed by atoms with Crippen molar-refractivity contribution in [2.45, 2.75) is 38.3 Å². The topological polar surface area (TPSA) is 103 Å². The van der Waals surface area contributed by atoms with Gasteiger partial charge in [0, 0.05) is 24.7 Å². The first kappa shape index (κ1) is 35.2. The van der Waals surface area contributed by atoms with E-state index in [1.54, 1.807) is 0 Å². The van der Waals surface area contributed by atoms with Gasteiger partial charge in [0.1, 0.15) is 10.7 Å². The van der Waals surface area contributed by atoms with E-state index < -0.39 is 10.5 Å². The third kappa shape index (κ3) is 7.16. The zero-order chi connectivity index (χ0) is 36.6. The minimum atomic E-state index is -0.891. The molecular weight excluding hydrogens is 682 g/mol. The number of benzene rings is 5. The van der Waals surface area contributed by atoms with Crippen LogP contribution in [-0.2, 0) is 12.1 Å². The number of anilines is 1. The van der Waals surface area contributed by atoms with Gasteiger partial charge in [0.25, 0.3) is 0 Å². The molecule has 0 fully saturated rings. The number of hydrogen-bond donors (Lipinski definition) is 0. The molecule has 0 aliphatic rings. The van der Waals surface area contributed by atoms with Crippen LogP contribution in [-0.4, -0.2) is 36.7 Å². The van der Waals surface area contributed by atoms with E-state index in [0.29, 0.717) is 18.9 Å². The first-order valence-corrected chi connectivity index (χ1v) is 18.1. The van der Waals surface area contributed by atoms with Crippen LogP contribution in [0.15, 0.2) is 152 Å². The summed E-state index contributed by atoms with van der Waals surface area (Å²) in [5.41, 5.74) is 5.90. The number of pyridine rings is 1. The van der Waals surface area contributed by atoms with Gasteiger partial charge in [-0.25, -0.2) is 9.67 Å². The van der Waals surface area contributed by atoms with Gasteiger partial charge in [-0.2, -0.15) is 0 Å². The lowest BCUT2D eigenvalue weighted by molar-refractivity contribution is -0.384. The highest BCUT2D eigenvalue weighted by molar-refractivity contribution is 6.29. The number of aromatic nitrogens is 5. The van der Waals surface area contributed by atoms with Gasteiger partial charge in [0.15, 0.2) is 5.82 Å². The third-order valence-corrected chi connectivity index (χ3v) is 9.73. The van der Waals surface area contributed by atoms with Crippen LogP contribution in [0.3, 0.4) is 0 Å². The Labute approximate surface area is 313 Å². The monoisotopic (exact) mass is 719 g/mol. The van der Waals surface area contributed by atoms with E-state index in [-0.39, 0.29) is 16.7 Å². The maximum Gasteiger partial charge on any atom is 0.311 e. The van der Waals surface area contributed by atoms with Gasteiger partial charge in [0.2, 0.25) is 5.82 Å². The Hall–Kier alpha value is -6.19. The summed E-state index contributed by atoms with van der Waals surface area (Å²) in [6.07, 6.45) is 2.90. The average molecular weight is 720 g/mol. The smallest absolute Gasteiger partial charge is 0.311 e. The Balaban J connectivity index is 1.30. The highest BCUT2D eigenvalue weighted by atomic mass is 35.5. The van der Waals surface area contributed by atoms with Crippen LogP contribution in [0, 0.1) is 10.1 Å². The predicted octanol–water partition coefficient (Wildman–Crippen LogP) is 10.0. The molecule has 7 aromatic rings. The Morgan fingerprint density at radius 1 is 0.717 bits per heavy atom. The molecule has 0 amide bonds. The van der Waals surface area contributed by atoms with Crippen LogP contribution in [0.5, 0.6) is 0 Å². The van der Waals surface area contributed by atoms with Crippen LogP contribution in [0.4, 0.5) is 11.5 Å². The van der Waals surface area contributed by atoms with Crippen molar-refractivity contribution in [3.63, 3.8) is 0 Å². The zero-order valence-electron chi connectivity index (χ0n) is 29.3. The van der Waals surface area contributed by atoms with Crippen molar-refractivity contribution in [3.8, 4) is 22.5 Å². The summed E-state index contributed by atoms with van der Waals surface area (Å²) in [5, 5.41) is 25.9. The molecule has 10 heteroatoms. The van der Waals surface area contributed by atoms with Crippen molar-refractivity contribution < 1.29 is 4.92 Å². The van der Waals surface area contributed by atoms with E-state index in [9.17, 15) is 10.1 Å². The van der Waals surface area contributed by atoms with Gasteiger partial charge in [-0.15, -0.1) is 5.10 Å². The number of nitrogens with zero attached hydrogens (tertiary/aromatic N) is 7. The Kier molecular flexibility index (Phi) is 10.6. The van der Waals surface area contributed by atoms with E-state index in [1.807, 2.05) is 76.3 Å². The van der Waals surface area contributed by atoms with E-state index in [1.165, 1.54) is 12.1 Å². The summed E-state index contributed by atoms with van der Waals surface area (Å²) < 4.78 is 1.94. The number of nitro groups is 1. The Morgan fingerprint density at radius 3 is 1.85 bits per heavy atom. The standard InChI is InChI=1S/C43H38ClN7O2/c1-2-3-15-30-49(42-39(51(52)53)28-29-40(44)45-42)31-32-24-26-33(27-25-32)37-22-13-14-23-38(37)41-46-47-48-50(41)43(34-16-7-4-8-17-34,35-18-9-5-10-19-35)36-20-11-6-12-21-36/h4-14,16-29H,2-3,15,30-31H2,1H3. The molecule has 0 saturated heterocycles. The molecule has 9 nitrogen and oxygen atoms in total. The highest BCUT2D eigenvalue weighted by Gasteiger charge is 2.42. The molecule has 264 valence electrons. The maximum atomic E-state index is 12.0. The minimum absolute atomic E-state index is 0.0632. The molecule has 0 saturated carbocycles. The van der Waals surface area contributed by atoms with Gasteiger partial charge < -0.3 is 4.90 Å². The van der Waals surface area contributed by atoms with Crippen LogP contribution >= 0.6 is 11.6 Å². The summed E-state index contributed by atoms with van der Waals surface area (Å²) in [6.45, 7) is 3.18.